The van der Waals surface area contributed by atoms with Gasteiger partial charge in [-0.25, -0.2) is 9.18 Å². The van der Waals surface area contributed by atoms with Crippen LogP contribution in [0.15, 0.2) is 41.3 Å². The molecule has 4 aromatic rings. The summed E-state index contributed by atoms with van der Waals surface area (Å²) in [4.78, 5) is 19.6. The third-order valence-corrected chi connectivity index (χ3v) is 6.76. The van der Waals surface area contributed by atoms with Gasteiger partial charge in [-0.3, -0.25) is 14.1 Å². The van der Waals surface area contributed by atoms with E-state index in [9.17, 15) is 9.18 Å². The van der Waals surface area contributed by atoms with Gasteiger partial charge in [0, 0.05) is 49.9 Å². The number of rotatable bonds is 7. The van der Waals surface area contributed by atoms with Gasteiger partial charge in [0.25, 0.3) is 0 Å². The SMILES string of the molecule is CC(C)n1c(=O)n(C)c2nnc3ccc(-c4ccc(COCCN5CCC(F)CC5)nc4)cc3c21. The zero-order valence-corrected chi connectivity index (χ0v) is 20.4. The van der Waals surface area contributed by atoms with Gasteiger partial charge in [0.2, 0.25) is 0 Å². The normalized spacial score (nSPS) is 15.6. The molecule has 1 saturated heterocycles. The number of fused-ring (bicyclic) bond motifs is 3. The van der Waals surface area contributed by atoms with Crippen LogP contribution in [-0.2, 0) is 18.4 Å². The monoisotopic (exact) mass is 478 g/mol. The number of piperidine rings is 1. The Balaban J connectivity index is 1.32. The number of aryl methyl sites for hydroxylation is 1. The fraction of sp³-hybridized carbons (Fsp3) is 0.462. The number of alkyl halides is 1. The molecule has 1 aliphatic rings. The van der Waals surface area contributed by atoms with Crippen molar-refractivity contribution in [3.63, 3.8) is 0 Å². The largest absolute Gasteiger partial charge is 0.374 e. The van der Waals surface area contributed by atoms with Crippen molar-refractivity contribution in [2.45, 2.75) is 45.5 Å². The highest BCUT2D eigenvalue weighted by Crippen LogP contribution is 2.28. The number of hydrogen-bond donors (Lipinski definition) is 0. The summed E-state index contributed by atoms with van der Waals surface area (Å²) in [5.74, 6) is 0. The van der Waals surface area contributed by atoms with Gasteiger partial charge in [0.1, 0.15) is 11.7 Å². The van der Waals surface area contributed by atoms with Gasteiger partial charge in [-0.1, -0.05) is 12.1 Å². The minimum atomic E-state index is -0.649. The van der Waals surface area contributed by atoms with Crippen LogP contribution in [0.5, 0.6) is 0 Å². The van der Waals surface area contributed by atoms with Crippen LogP contribution >= 0.6 is 0 Å². The van der Waals surface area contributed by atoms with Gasteiger partial charge in [-0.15, -0.1) is 10.2 Å². The Morgan fingerprint density at radius 2 is 1.89 bits per heavy atom. The van der Waals surface area contributed by atoms with Crippen LogP contribution in [0.3, 0.4) is 0 Å². The predicted octanol–water partition coefficient (Wildman–Crippen LogP) is 3.88. The Bertz CT molecular complexity index is 1390. The van der Waals surface area contributed by atoms with E-state index < -0.39 is 6.17 Å². The van der Waals surface area contributed by atoms with Crippen LogP contribution in [0.2, 0.25) is 0 Å². The second-order valence-corrected chi connectivity index (χ2v) is 9.52. The van der Waals surface area contributed by atoms with E-state index in [1.807, 2.05) is 44.3 Å². The summed E-state index contributed by atoms with van der Waals surface area (Å²) in [5.41, 5.74) is 4.86. The highest BCUT2D eigenvalue weighted by molar-refractivity contribution is 6.02. The van der Waals surface area contributed by atoms with Gasteiger partial charge < -0.3 is 9.64 Å². The quantitative estimate of drug-likeness (QED) is 0.375. The molecule has 8 nitrogen and oxygen atoms in total. The molecule has 1 fully saturated rings. The number of hydrogen-bond acceptors (Lipinski definition) is 6. The third-order valence-electron chi connectivity index (χ3n) is 6.76. The van der Waals surface area contributed by atoms with Crippen molar-refractivity contribution < 1.29 is 9.13 Å². The van der Waals surface area contributed by atoms with E-state index in [2.05, 4.69) is 26.1 Å². The van der Waals surface area contributed by atoms with E-state index in [1.54, 1.807) is 16.2 Å². The summed E-state index contributed by atoms with van der Waals surface area (Å²) in [5, 5.41) is 9.53. The molecule has 5 rings (SSSR count). The Labute approximate surface area is 203 Å². The van der Waals surface area contributed by atoms with Crippen LogP contribution in [0, 0.1) is 0 Å². The van der Waals surface area contributed by atoms with Crippen LogP contribution in [0.1, 0.15) is 38.4 Å². The van der Waals surface area contributed by atoms with Crippen molar-refractivity contribution >= 4 is 22.1 Å². The number of imidazole rings is 1. The third kappa shape index (κ3) is 4.70. The lowest BCUT2D eigenvalue weighted by molar-refractivity contribution is 0.0726. The topological polar surface area (TPSA) is 78.1 Å². The number of nitrogens with zero attached hydrogens (tertiary/aromatic N) is 6. The van der Waals surface area contributed by atoms with E-state index in [4.69, 9.17) is 4.74 Å². The smallest absolute Gasteiger partial charge is 0.330 e. The molecular formula is C26H31FN6O2. The average molecular weight is 479 g/mol. The van der Waals surface area contributed by atoms with Crippen LogP contribution in [-0.4, -0.2) is 61.6 Å². The Morgan fingerprint density at radius 3 is 2.60 bits per heavy atom. The van der Waals surface area contributed by atoms with E-state index in [1.165, 1.54) is 0 Å². The molecule has 0 bridgehead atoms. The van der Waals surface area contributed by atoms with Gasteiger partial charge in [0.15, 0.2) is 5.65 Å². The molecule has 0 spiro atoms. The highest BCUT2D eigenvalue weighted by Gasteiger charge is 2.19. The second kappa shape index (κ2) is 9.83. The van der Waals surface area contributed by atoms with E-state index >= 15 is 0 Å². The molecule has 4 heterocycles. The molecular weight excluding hydrogens is 447 g/mol. The lowest BCUT2D eigenvalue weighted by Crippen LogP contribution is -2.36. The summed E-state index contributed by atoms with van der Waals surface area (Å²) in [6.45, 7) is 7.46. The zero-order valence-electron chi connectivity index (χ0n) is 20.4. The first-order valence-corrected chi connectivity index (χ1v) is 12.2. The maximum absolute atomic E-state index is 13.2. The maximum Gasteiger partial charge on any atom is 0.330 e. The molecule has 9 heteroatoms. The first kappa shape index (κ1) is 23.6. The van der Waals surface area contributed by atoms with Crippen molar-refractivity contribution in [3.8, 4) is 11.1 Å². The van der Waals surface area contributed by atoms with Crippen molar-refractivity contribution in [2.75, 3.05) is 26.2 Å². The van der Waals surface area contributed by atoms with Crippen molar-refractivity contribution in [1.82, 2.24) is 29.2 Å². The Morgan fingerprint density at radius 1 is 1.11 bits per heavy atom. The highest BCUT2D eigenvalue weighted by atomic mass is 19.1. The number of pyridine rings is 1. The molecule has 0 saturated carbocycles. The second-order valence-electron chi connectivity index (χ2n) is 9.52. The summed E-state index contributed by atoms with van der Waals surface area (Å²) in [6.07, 6.45) is 2.44. The first-order chi connectivity index (χ1) is 16.9. The van der Waals surface area contributed by atoms with Gasteiger partial charge in [-0.2, -0.15) is 0 Å². The zero-order chi connectivity index (χ0) is 24.5. The number of likely N-dealkylation sites (tertiary alicyclic amines) is 1. The molecule has 0 radical (unpaired) electrons. The molecule has 1 aromatic carbocycles. The molecule has 0 aliphatic carbocycles. The lowest BCUT2D eigenvalue weighted by Gasteiger charge is -2.28. The van der Waals surface area contributed by atoms with Crippen LogP contribution in [0.25, 0.3) is 33.2 Å². The number of aromatic nitrogens is 5. The summed E-state index contributed by atoms with van der Waals surface area (Å²) in [7, 11) is 1.73. The van der Waals surface area contributed by atoms with E-state index in [-0.39, 0.29) is 11.7 Å². The van der Waals surface area contributed by atoms with Crippen LogP contribution < -0.4 is 5.69 Å². The molecule has 0 N–H and O–H groups in total. The molecule has 35 heavy (non-hydrogen) atoms. The molecule has 184 valence electrons. The molecule has 3 aromatic heterocycles. The molecule has 1 aliphatic heterocycles. The lowest BCUT2D eigenvalue weighted by atomic mass is 10.0. The molecule has 0 amide bonds. The Kier molecular flexibility index (Phi) is 6.62. The summed E-state index contributed by atoms with van der Waals surface area (Å²) >= 11 is 0. The summed E-state index contributed by atoms with van der Waals surface area (Å²) < 4.78 is 22.4. The number of halogens is 1. The standard InChI is InChI=1S/C26H31FN6O2/c1-17(2)33-24-22-14-18(5-7-23(22)29-30-25(24)31(3)26(33)34)19-4-6-21(28-15-19)16-35-13-12-32-10-8-20(27)9-11-32/h4-7,14-15,17,20H,8-13,16H2,1-3H3. The van der Waals surface area contributed by atoms with E-state index in [0.29, 0.717) is 31.7 Å². The maximum atomic E-state index is 13.2. The predicted molar refractivity (Wildman–Crippen MR) is 134 cm³/mol. The van der Waals surface area contributed by atoms with Gasteiger partial charge >= 0.3 is 5.69 Å². The molecule has 0 atom stereocenters. The van der Waals surface area contributed by atoms with Gasteiger partial charge in [0.05, 0.1) is 24.4 Å². The summed E-state index contributed by atoms with van der Waals surface area (Å²) in [6, 6.07) is 9.99. The fourth-order valence-corrected chi connectivity index (χ4v) is 4.73. The minimum Gasteiger partial charge on any atom is -0.374 e. The van der Waals surface area contributed by atoms with Crippen LogP contribution in [0.4, 0.5) is 4.39 Å². The van der Waals surface area contributed by atoms with Gasteiger partial charge in [-0.05, 0) is 50.5 Å². The molecule has 0 unspecified atom stereocenters. The van der Waals surface area contributed by atoms with E-state index in [0.717, 1.165) is 52.9 Å². The number of ether oxygens (including phenoxy) is 1. The number of benzene rings is 1. The van der Waals surface area contributed by atoms with Crippen molar-refractivity contribution in [2.24, 2.45) is 7.05 Å². The average Bonchev–Trinajstić information content (AvgIpc) is 3.13. The van der Waals surface area contributed by atoms with Crippen molar-refractivity contribution in [1.29, 1.82) is 0 Å². The minimum absolute atomic E-state index is 0.00118. The fourth-order valence-electron chi connectivity index (χ4n) is 4.73. The van der Waals surface area contributed by atoms with Crippen molar-refractivity contribution in [3.05, 3.63) is 52.7 Å². The first-order valence-electron chi connectivity index (χ1n) is 12.2. The Hall–Kier alpha value is -3.17.